The van der Waals surface area contributed by atoms with Crippen molar-refractivity contribution >= 4 is 29.4 Å². The third-order valence-corrected chi connectivity index (χ3v) is 7.03. The van der Waals surface area contributed by atoms with E-state index in [-0.39, 0.29) is 17.6 Å². The topological polar surface area (TPSA) is 87.0 Å². The predicted molar refractivity (Wildman–Crippen MR) is 143 cm³/mol. The molecule has 7 nitrogen and oxygen atoms in total. The Labute approximate surface area is 219 Å². The first-order chi connectivity index (χ1) is 17.5. The summed E-state index contributed by atoms with van der Waals surface area (Å²) < 4.78 is 12.5. The Morgan fingerprint density at radius 2 is 1.73 bits per heavy atom. The summed E-state index contributed by atoms with van der Waals surface area (Å²) in [6, 6.07) is 14.2. The van der Waals surface area contributed by atoms with Gasteiger partial charge in [-0.05, 0) is 54.2 Å². The number of carbonyl (C=O) groups is 2. The number of benzene rings is 2. The van der Waals surface area contributed by atoms with Crippen LogP contribution in [0.1, 0.15) is 64.3 Å². The molecular weight excluding hydrogens is 488 g/mol. The lowest BCUT2D eigenvalue weighted by Gasteiger charge is -2.24. The third kappa shape index (κ3) is 5.49. The van der Waals surface area contributed by atoms with E-state index in [1.54, 1.807) is 42.7 Å². The van der Waals surface area contributed by atoms with Crippen molar-refractivity contribution in [1.82, 2.24) is 4.57 Å². The van der Waals surface area contributed by atoms with Crippen LogP contribution in [0.2, 0.25) is 0 Å². The molecule has 2 heterocycles. The van der Waals surface area contributed by atoms with Crippen LogP contribution in [0, 0.1) is 0 Å². The summed E-state index contributed by atoms with van der Waals surface area (Å²) in [6.45, 7) is 11.5. The first-order valence-electron chi connectivity index (χ1n) is 12.1. The minimum atomic E-state index is -0.730. The Kier molecular flexibility index (Phi) is 7.32. The molecule has 2 aromatic carbocycles. The van der Waals surface area contributed by atoms with Gasteiger partial charge >= 0.3 is 11.9 Å². The molecule has 1 aromatic heterocycles. The lowest BCUT2D eigenvalue weighted by Crippen LogP contribution is -2.39. The maximum atomic E-state index is 13.7. The zero-order valence-corrected chi connectivity index (χ0v) is 22.6. The van der Waals surface area contributed by atoms with Crippen molar-refractivity contribution in [3.05, 3.63) is 96.2 Å². The highest BCUT2D eigenvalue weighted by Crippen LogP contribution is 2.31. The van der Waals surface area contributed by atoms with Gasteiger partial charge in [-0.2, -0.15) is 0 Å². The largest absolute Gasteiger partial charge is 0.463 e. The summed E-state index contributed by atoms with van der Waals surface area (Å²) in [5.41, 5.74) is 3.37. The minimum absolute atomic E-state index is 0.0316. The number of allylic oxidation sites excluding steroid dienone is 1. The van der Waals surface area contributed by atoms with Crippen LogP contribution < -0.4 is 19.6 Å². The Balaban J connectivity index is 1.86. The van der Waals surface area contributed by atoms with Crippen molar-refractivity contribution in [2.75, 3.05) is 6.61 Å². The molecule has 0 unspecified atom stereocenters. The van der Waals surface area contributed by atoms with Gasteiger partial charge in [-0.1, -0.05) is 68.5 Å². The van der Waals surface area contributed by atoms with Gasteiger partial charge in [0.2, 0.25) is 0 Å². The van der Waals surface area contributed by atoms with Gasteiger partial charge in [0.1, 0.15) is 5.75 Å². The first-order valence-corrected chi connectivity index (χ1v) is 12.9. The maximum Gasteiger partial charge on any atom is 0.338 e. The Bertz CT molecular complexity index is 1550. The third-order valence-electron chi connectivity index (χ3n) is 6.05. The standard InChI is InChI=1S/C29H30N2O5S/c1-7-35-27(34)24-17(2)30-28-31(25(24)20-10-14-22(15-11-20)36-18(3)32)26(33)23(37-28)16-19-8-12-21(13-9-19)29(4,5)6/h8-16,25H,7H2,1-6H3/b23-16-/t25-/m1/s1. The number of nitrogens with zero attached hydrogens (tertiary/aromatic N) is 2. The lowest BCUT2D eigenvalue weighted by molar-refractivity contribution is -0.139. The van der Waals surface area contributed by atoms with Crippen LogP contribution >= 0.6 is 11.3 Å². The molecule has 1 atom stereocenters. The molecule has 4 rings (SSSR count). The Hall–Kier alpha value is -3.78. The van der Waals surface area contributed by atoms with Gasteiger partial charge in [-0.15, -0.1) is 0 Å². The summed E-state index contributed by atoms with van der Waals surface area (Å²) in [5.74, 6) is -0.579. The van der Waals surface area contributed by atoms with E-state index in [1.807, 2.05) is 18.2 Å². The van der Waals surface area contributed by atoms with E-state index in [2.05, 4.69) is 37.9 Å². The molecule has 0 saturated carbocycles. The van der Waals surface area contributed by atoms with Crippen LogP contribution in [0.4, 0.5) is 0 Å². The number of ether oxygens (including phenoxy) is 2. The fraction of sp³-hybridized carbons (Fsp3) is 0.310. The monoisotopic (exact) mass is 518 g/mol. The molecule has 192 valence electrons. The Morgan fingerprint density at radius 3 is 2.30 bits per heavy atom. The van der Waals surface area contributed by atoms with Crippen LogP contribution in [-0.2, 0) is 19.7 Å². The molecule has 37 heavy (non-hydrogen) atoms. The zero-order valence-electron chi connectivity index (χ0n) is 21.8. The number of thiazole rings is 1. The second-order valence-corrected chi connectivity index (χ2v) is 10.8. The number of aromatic nitrogens is 1. The summed E-state index contributed by atoms with van der Waals surface area (Å²) >= 11 is 1.28. The average molecular weight is 519 g/mol. The molecule has 0 aliphatic carbocycles. The number of esters is 2. The average Bonchev–Trinajstić information content (AvgIpc) is 3.12. The second-order valence-electron chi connectivity index (χ2n) is 9.84. The van der Waals surface area contributed by atoms with E-state index >= 15 is 0 Å². The van der Waals surface area contributed by atoms with Crippen molar-refractivity contribution in [3.8, 4) is 5.75 Å². The van der Waals surface area contributed by atoms with Gasteiger partial charge in [0.25, 0.3) is 5.56 Å². The smallest absolute Gasteiger partial charge is 0.338 e. The van der Waals surface area contributed by atoms with Crippen molar-refractivity contribution < 1.29 is 19.1 Å². The molecule has 0 fully saturated rings. The van der Waals surface area contributed by atoms with Crippen LogP contribution in [0.15, 0.2) is 69.6 Å². The van der Waals surface area contributed by atoms with Crippen LogP contribution in [0.5, 0.6) is 5.75 Å². The molecule has 8 heteroatoms. The summed E-state index contributed by atoms with van der Waals surface area (Å²) in [5, 5.41) is 0. The van der Waals surface area contributed by atoms with E-state index < -0.39 is 18.0 Å². The maximum absolute atomic E-state index is 13.7. The summed E-state index contributed by atoms with van der Waals surface area (Å²) in [6.07, 6.45) is 1.85. The molecule has 1 aliphatic heterocycles. The van der Waals surface area contributed by atoms with Crippen molar-refractivity contribution in [2.45, 2.75) is 53.0 Å². The molecular formula is C29H30N2O5S. The lowest BCUT2D eigenvalue weighted by atomic mass is 9.87. The van der Waals surface area contributed by atoms with Crippen LogP contribution in [0.3, 0.4) is 0 Å². The number of hydrogen-bond acceptors (Lipinski definition) is 7. The minimum Gasteiger partial charge on any atom is -0.463 e. The Morgan fingerprint density at radius 1 is 1.08 bits per heavy atom. The summed E-state index contributed by atoms with van der Waals surface area (Å²) in [4.78, 5) is 43.2. The SMILES string of the molecule is CCOC(=O)C1=C(C)N=c2s/c(=C\c3ccc(C(C)(C)C)cc3)c(=O)n2[C@@H]1c1ccc(OC(C)=O)cc1. The normalized spacial score (nSPS) is 15.7. The van der Waals surface area contributed by atoms with Gasteiger partial charge in [-0.3, -0.25) is 14.2 Å². The summed E-state index contributed by atoms with van der Waals surface area (Å²) in [7, 11) is 0. The molecule has 0 radical (unpaired) electrons. The highest BCUT2D eigenvalue weighted by molar-refractivity contribution is 7.07. The second kappa shape index (κ2) is 10.3. The van der Waals surface area contributed by atoms with Crippen LogP contribution in [0.25, 0.3) is 6.08 Å². The van der Waals surface area contributed by atoms with Crippen molar-refractivity contribution in [3.63, 3.8) is 0 Å². The quantitative estimate of drug-likeness (QED) is 0.376. The highest BCUT2D eigenvalue weighted by Gasteiger charge is 2.33. The van der Waals surface area contributed by atoms with Gasteiger partial charge < -0.3 is 9.47 Å². The van der Waals surface area contributed by atoms with Crippen molar-refractivity contribution in [2.24, 2.45) is 4.99 Å². The number of rotatable bonds is 5. The molecule has 0 N–H and O–H groups in total. The highest BCUT2D eigenvalue weighted by atomic mass is 32.1. The van der Waals surface area contributed by atoms with E-state index in [1.165, 1.54) is 23.8 Å². The molecule has 0 saturated heterocycles. The van der Waals surface area contributed by atoms with E-state index in [0.29, 0.717) is 31.9 Å². The van der Waals surface area contributed by atoms with Gasteiger partial charge in [-0.25, -0.2) is 9.79 Å². The molecule has 0 spiro atoms. The van der Waals surface area contributed by atoms with E-state index in [0.717, 1.165) is 5.56 Å². The van der Waals surface area contributed by atoms with Crippen molar-refractivity contribution in [1.29, 1.82) is 0 Å². The van der Waals surface area contributed by atoms with Gasteiger partial charge in [0, 0.05) is 6.92 Å². The zero-order chi connectivity index (χ0) is 26.9. The van der Waals surface area contributed by atoms with Crippen LogP contribution in [-0.4, -0.2) is 23.1 Å². The fourth-order valence-corrected chi connectivity index (χ4v) is 5.27. The molecule has 1 aliphatic rings. The molecule has 0 bridgehead atoms. The first kappa shape index (κ1) is 26.3. The molecule has 0 amide bonds. The van der Waals surface area contributed by atoms with E-state index in [4.69, 9.17) is 9.47 Å². The van der Waals surface area contributed by atoms with Gasteiger partial charge in [0.05, 0.1) is 28.5 Å². The number of carbonyl (C=O) groups excluding carboxylic acids is 2. The number of hydrogen-bond donors (Lipinski definition) is 0. The number of fused-ring (bicyclic) bond motifs is 1. The van der Waals surface area contributed by atoms with E-state index in [9.17, 15) is 14.4 Å². The fourth-order valence-electron chi connectivity index (χ4n) is 4.22. The molecule has 3 aromatic rings. The van der Waals surface area contributed by atoms with Gasteiger partial charge in [0.15, 0.2) is 4.80 Å². The predicted octanol–water partition coefficient (Wildman–Crippen LogP) is 4.02.